The zero-order valence-corrected chi connectivity index (χ0v) is 13.6. The van der Waals surface area contributed by atoms with Crippen molar-refractivity contribution >= 4 is 34.2 Å². The molecule has 3 rings (SSSR count). The number of nitrogens with zero attached hydrogens (tertiary/aromatic N) is 1. The first kappa shape index (κ1) is 16.4. The molecule has 0 aliphatic carbocycles. The Morgan fingerprint density at radius 2 is 1.84 bits per heavy atom. The van der Waals surface area contributed by atoms with Crippen LogP contribution in [0.15, 0.2) is 60.8 Å². The fourth-order valence-electron chi connectivity index (χ4n) is 2.38. The SMILES string of the molecule is CC(OC(=O)c1cccnc1N)C(=O)Nc1ccc2ccccc2c1. The number of hydrogen-bond acceptors (Lipinski definition) is 5. The van der Waals surface area contributed by atoms with E-state index in [0.29, 0.717) is 5.69 Å². The minimum Gasteiger partial charge on any atom is -0.449 e. The number of aromatic nitrogens is 1. The smallest absolute Gasteiger partial charge is 0.342 e. The van der Waals surface area contributed by atoms with E-state index in [2.05, 4.69) is 10.3 Å². The van der Waals surface area contributed by atoms with Gasteiger partial charge in [0.2, 0.25) is 0 Å². The molecule has 2 aromatic carbocycles. The molecule has 1 atom stereocenters. The van der Waals surface area contributed by atoms with Crippen LogP contribution in [0.5, 0.6) is 0 Å². The molecule has 126 valence electrons. The average molecular weight is 335 g/mol. The van der Waals surface area contributed by atoms with Crippen molar-refractivity contribution in [2.24, 2.45) is 0 Å². The second-order valence-corrected chi connectivity index (χ2v) is 5.53. The monoisotopic (exact) mass is 335 g/mol. The van der Waals surface area contributed by atoms with Gasteiger partial charge in [-0.2, -0.15) is 0 Å². The van der Waals surface area contributed by atoms with Gasteiger partial charge in [-0.1, -0.05) is 30.3 Å². The van der Waals surface area contributed by atoms with Crippen molar-refractivity contribution in [3.05, 3.63) is 66.4 Å². The Morgan fingerprint density at radius 1 is 1.08 bits per heavy atom. The Labute approximate surface area is 144 Å². The Morgan fingerprint density at radius 3 is 2.60 bits per heavy atom. The lowest BCUT2D eigenvalue weighted by atomic mass is 10.1. The van der Waals surface area contributed by atoms with Crippen LogP contribution in [0, 0.1) is 0 Å². The number of fused-ring (bicyclic) bond motifs is 1. The standard InChI is InChI=1S/C19H17N3O3/c1-12(25-19(24)16-7-4-10-21-17(16)20)18(23)22-15-9-8-13-5-2-3-6-14(13)11-15/h2-12H,1H3,(H2,20,21)(H,22,23). The fourth-order valence-corrected chi connectivity index (χ4v) is 2.38. The van der Waals surface area contributed by atoms with Crippen LogP contribution < -0.4 is 11.1 Å². The number of ether oxygens (including phenoxy) is 1. The lowest BCUT2D eigenvalue weighted by Crippen LogP contribution is -2.30. The second kappa shape index (κ2) is 7.00. The van der Waals surface area contributed by atoms with Gasteiger partial charge in [0.1, 0.15) is 11.4 Å². The molecule has 0 saturated carbocycles. The highest BCUT2D eigenvalue weighted by Crippen LogP contribution is 2.19. The summed E-state index contributed by atoms with van der Waals surface area (Å²) in [6.07, 6.45) is 0.501. The molecule has 0 aliphatic heterocycles. The molecule has 0 saturated heterocycles. The number of esters is 1. The van der Waals surface area contributed by atoms with Crippen LogP contribution >= 0.6 is 0 Å². The van der Waals surface area contributed by atoms with E-state index in [1.54, 1.807) is 12.1 Å². The minimum atomic E-state index is -0.974. The van der Waals surface area contributed by atoms with Crippen molar-refractivity contribution in [2.75, 3.05) is 11.1 Å². The highest BCUT2D eigenvalue weighted by atomic mass is 16.5. The molecule has 1 aromatic heterocycles. The van der Waals surface area contributed by atoms with Crippen molar-refractivity contribution in [1.82, 2.24) is 4.98 Å². The summed E-state index contributed by atoms with van der Waals surface area (Å²) in [5.41, 5.74) is 6.40. The number of nitrogens with one attached hydrogen (secondary N) is 1. The number of pyridine rings is 1. The summed E-state index contributed by atoms with van der Waals surface area (Å²) in [7, 11) is 0. The van der Waals surface area contributed by atoms with Crippen molar-refractivity contribution in [1.29, 1.82) is 0 Å². The van der Waals surface area contributed by atoms with Gasteiger partial charge < -0.3 is 15.8 Å². The second-order valence-electron chi connectivity index (χ2n) is 5.53. The van der Waals surface area contributed by atoms with Gasteiger partial charge in [-0.05, 0) is 42.0 Å². The molecule has 1 unspecified atom stereocenters. The highest BCUT2D eigenvalue weighted by Gasteiger charge is 2.20. The molecule has 1 heterocycles. The zero-order chi connectivity index (χ0) is 17.8. The van der Waals surface area contributed by atoms with Crippen LogP contribution in [-0.2, 0) is 9.53 Å². The summed E-state index contributed by atoms with van der Waals surface area (Å²) in [5, 5.41) is 4.83. The van der Waals surface area contributed by atoms with Gasteiger partial charge in [0, 0.05) is 11.9 Å². The Balaban J connectivity index is 1.67. The van der Waals surface area contributed by atoms with E-state index in [9.17, 15) is 9.59 Å². The number of nitrogens with two attached hydrogens (primary N) is 1. The van der Waals surface area contributed by atoms with E-state index < -0.39 is 18.0 Å². The number of benzene rings is 2. The lowest BCUT2D eigenvalue weighted by Gasteiger charge is -2.14. The maximum Gasteiger partial charge on any atom is 0.342 e. The van der Waals surface area contributed by atoms with E-state index in [4.69, 9.17) is 10.5 Å². The number of amides is 1. The summed E-state index contributed by atoms with van der Waals surface area (Å²) in [6, 6.07) is 16.5. The molecule has 6 heteroatoms. The lowest BCUT2D eigenvalue weighted by molar-refractivity contribution is -0.123. The number of nitrogen functional groups attached to an aromatic ring is 1. The molecule has 3 N–H and O–H groups in total. The number of carbonyl (C=O) groups excluding carboxylic acids is 2. The van der Waals surface area contributed by atoms with Crippen molar-refractivity contribution < 1.29 is 14.3 Å². The van der Waals surface area contributed by atoms with Gasteiger partial charge in [-0.15, -0.1) is 0 Å². The first-order chi connectivity index (χ1) is 12.0. The van der Waals surface area contributed by atoms with Gasteiger partial charge in [0.25, 0.3) is 5.91 Å². The zero-order valence-electron chi connectivity index (χ0n) is 13.6. The summed E-state index contributed by atoms with van der Waals surface area (Å²) >= 11 is 0. The molecule has 0 bridgehead atoms. The molecular weight excluding hydrogens is 318 g/mol. The van der Waals surface area contributed by atoms with Crippen molar-refractivity contribution in [3.63, 3.8) is 0 Å². The maximum absolute atomic E-state index is 12.3. The van der Waals surface area contributed by atoms with E-state index in [-0.39, 0.29) is 11.4 Å². The van der Waals surface area contributed by atoms with Crippen LogP contribution in [-0.4, -0.2) is 23.0 Å². The van der Waals surface area contributed by atoms with Gasteiger partial charge in [0.15, 0.2) is 6.10 Å². The fraction of sp³-hybridized carbons (Fsp3) is 0.105. The number of carbonyl (C=O) groups is 2. The summed E-state index contributed by atoms with van der Waals surface area (Å²) in [5.74, 6) is -1.05. The Bertz CT molecular complexity index is 940. The topological polar surface area (TPSA) is 94.3 Å². The molecule has 1 amide bonds. The quantitative estimate of drug-likeness (QED) is 0.715. The normalized spacial score (nSPS) is 11.7. The van der Waals surface area contributed by atoms with Gasteiger partial charge in [-0.25, -0.2) is 9.78 Å². The predicted octanol–water partition coefficient (Wildman–Crippen LogP) is 3.00. The molecule has 6 nitrogen and oxygen atoms in total. The van der Waals surface area contributed by atoms with E-state index in [0.717, 1.165) is 10.8 Å². The predicted molar refractivity (Wildman–Crippen MR) is 96.1 cm³/mol. The summed E-state index contributed by atoms with van der Waals surface area (Å²) < 4.78 is 5.17. The van der Waals surface area contributed by atoms with Crippen LogP contribution in [0.2, 0.25) is 0 Å². The van der Waals surface area contributed by atoms with E-state index >= 15 is 0 Å². The molecule has 25 heavy (non-hydrogen) atoms. The van der Waals surface area contributed by atoms with Crippen LogP contribution in [0.3, 0.4) is 0 Å². The molecule has 0 spiro atoms. The van der Waals surface area contributed by atoms with Gasteiger partial charge in [0.05, 0.1) is 0 Å². The van der Waals surface area contributed by atoms with Crippen molar-refractivity contribution in [2.45, 2.75) is 13.0 Å². The molecule has 3 aromatic rings. The summed E-state index contributed by atoms with van der Waals surface area (Å²) in [6.45, 7) is 1.50. The Kier molecular flexibility index (Phi) is 4.61. The molecule has 0 fully saturated rings. The first-order valence-electron chi connectivity index (χ1n) is 7.76. The third kappa shape index (κ3) is 3.74. The first-order valence-corrected chi connectivity index (χ1v) is 7.76. The third-order valence-electron chi connectivity index (χ3n) is 3.73. The maximum atomic E-state index is 12.3. The highest BCUT2D eigenvalue weighted by molar-refractivity contribution is 6.00. The Hall–Kier alpha value is -3.41. The van der Waals surface area contributed by atoms with E-state index in [1.165, 1.54) is 19.2 Å². The third-order valence-corrected chi connectivity index (χ3v) is 3.73. The number of anilines is 2. The van der Waals surface area contributed by atoms with Gasteiger partial charge in [-0.3, -0.25) is 4.79 Å². The van der Waals surface area contributed by atoms with Crippen LogP contribution in [0.4, 0.5) is 11.5 Å². The van der Waals surface area contributed by atoms with Crippen LogP contribution in [0.25, 0.3) is 10.8 Å². The molecule has 0 radical (unpaired) electrons. The summed E-state index contributed by atoms with van der Waals surface area (Å²) in [4.78, 5) is 28.2. The van der Waals surface area contributed by atoms with Crippen molar-refractivity contribution in [3.8, 4) is 0 Å². The largest absolute Gasteiger partial charge is 0.449 e. The molecular formula is C19H17N3O3. The van der Waals surface area contributed by atoms with Gasteiger partial charge >= 0.3 is 5.97 Å². The van der Waals surface area contributed by atoms with Crippen LogP contribution in [0.1, 0.15) is 17.3 Å². The number of rotatable bonds is 4. The van der Waals surface area contributed by atoms with E-state index in [1.807, 2.05) is 36.4 Å². The number of hydrogen-bond donors (Lipinski definition) is 2. The molecule has 0 aliphatic rings. The average Bonchev–Trinajstić information content (AvgIpc) is 2.61. The minimum absolute atomic E-state index is 0.0645.